The highest BCUT2D eigenvalue weighted by Gasteiger charge is 2.24. The van der Waals surface area contributed by atoms with Crippen molar-refractivity contribution >= 4 is 38.9 Å². The summed E-state index contributed by atoms with van der Waals surface area (Å²) in [5.41, 5.74) is -0.113. The smallest absolute Gasteiger partial charge is 0.186 e. The lowest BCUT2D eigenvalue weighted by Gasteiger charge is -2.14. The summed E-state index contributed by atoms with van der Waals surface area (Å²) >= 11 is 7.37. The fourth-order valence-corrected chi connectivity index (χ4v) is 2.78. The number of anilines is 1. The van der Waals surface area contributed by atoms with Crippen LogP contribution in [0.3, 0.4) is 0 Å². The van der Waals surface area contributed by atoms with Crippen LogP contribution >= 0.6 is 28.1 Å². The van der Waals surface area contributed by atoms with Crippen LogP contribution < -0.4 is 20.1 Å². The first kappa shape index (κ1) is 21.2. The van der Waals surface area contributed by atoms with Crippen molar-refractivity contribution in [2.45, 2.75) is 6.42 Å². The SMILES string of the molecule is COc1ccc(CCNC(=S)Nc2c(F)c(F)c(Br)c(F)c2F)cc1OC. The van der Waals surface area contributed by atoms with Gasteiger partial charge in [0.1, 0.15) is 5.69 Å². The topological polar surface area (TPSA) is 42.5 Å². The van der Waals surface area contributed by atoms with Gasteiger partial charge in [0, 0.05) is 6.54 Å². The molecule has 0 amide bonds. The molecule has 0 bridgehead atoms. The fourth-order valence-electron chi connectivity index (χ4n) is 2.23. The first-order valence-corrected chi connectivity index (χ1v) is 8.77. The highest BCUT2D eigenvalue weighted by atomic mass is 79.9. The van der Waals surface area contributed by atoms with Gasteiger partial charge < -0.3 is 20.1 Å². The van der Waals surface area contributed by atoms with Gasteiger partial charge in [0.15, 0.2) is 39.9 Å². The molecule has 0 unspecified atom stereocenters. The van der Waals surface area contributed by atoms with Crippen molar-refractivity contribution in [3.05, 3.63) is 51.5 Å². The summed E-state index contributed by atoms with van der Waals surface area (Å²) in [7, 11) is 3.04. The van der Waals surface area contributed by atoms with Crippen LogP contribution in [0, 0.1) is 23.3 Å². The van der Waals surface area contributed by atoms with E-state index >= 15 is 0 Å². The molecule has 27 heavy (non-hydrogen) atoms. The molecule has 0 aromatic heterocycles. The monoisotopic (exact) mass is 466 g/mol. The number of hydrogen-bond donors (Lipinski definition) is 2. The van der Waals surface area contributed by atoms with E-state index in [2.05, 4.69) is 26.6 Å². The quantitative estimate of drug-likeness (QED) is 0.283. The zero-order valence-corrected chi connectivity index (χ0v) is 16.7. The largest absolute Gasteiger partial charge is 0.493 e. The molecule has 2 aromatic rings. The second-order valence-corrected chi connectivity index (χ2v) is 6.47. The average Bonchev–Trinajstić information content (AvgIpc) is 2.68. The Kier molecular flexibility index (Phi) is 7.25. The van der Waals surface area contributed by atoms with Crippen LogP contribution in [0.5, 0.6) is 11.5 Å². The van der Waals surface area contributed by atoms with E-state index < -0.39 is 33.4 Å². The Bertz CT molecular complexity index is 838. The van der Waals surface area contributed by atoms with Crippen LogP contribution in [0.2, 0.25) is 0 Å². The maximum absolute atomic E-state index is 13.8. The summed E-state index contributed by atoms with van der Waals surface area (Å²) in [5.74, 6) is -5.12. The van der Waals surface area contributed by atoms with Crippen molar-refractivity contribution in [3.8, 4) is 11.5 Å². The molecule has 4 nitrogen and oxygen atoms in total. The molecule has 0 atom stereocenters. The minimum atomic E-state index is -1.58. The van der Waals surface area contributed by atoms with E-state index in [4.69, 9.17) is 21.7 Å². The maximum Gasteiger partial charge on any atom is 0.186 e. The van der Waals surface area contributed by atoms with Crippen LogP contribution in [0.4, 0.5) is 23.2 Å². The van der Waals surface area contributed by atoms with Gasteiger partial charge in [-0.3, -0.25) is 0 Å². The summed E-state index contributed by atoms with van der Waals surface area (Å²) in [6.45, 7) is 0.298. The van der Waals surface area contributed by atoms with E-state index in [1.807, 2.05) is 6.07 Å². The Morgan fingerprint density at radius 1 is 1.00 bits per heavy atom. The molecule has 0 fully saturated rings. The lowest BCUT2D eigenvalue weighted by molar-refractivity contribution is 0.354. The van der Waals surface area contributed by atoms with Gasteiger partial charge in [0.2, 0.25) is 0 Å². The molecule has 0 aliphatic rings. The van der Waals surface area contributed by atoms with Crippen molar-refractivity contribution < 1.29 is 27.0 Å². The Hall–Kier alpha value is -2.07. The fraction of sp³-hybridized carbons (Fsp3) is 0.235. The summed E-state index contributed by atoms with van der Waals surface area (Å²) < 4.78 is 64.1. The molecule has 10 heteroatoms. The van der Waals surface area contributed by atoms with Gasteiger partial charge in [0.25, 0.3) is 0 Å². The number of methoxy groups -OCH3 is 2. The van der Waals surface area contributed by atoms with Crippen molar-refractivity contribution in [1.29, 1.82) is 0 Å². The average molecular weight is 467 g/mol. The molecule has 2 N–H and O–H groups in total. The number of hydrogen-bond acceptors (Lipinski definition) is 3. The second kappa shape index (κ2) is 9.23. The molecule has 0 saturated heterocycles. The normalized spacial score (nSPS) is 10.5. The molecular weight excluding hydrogens is 452 g/mol. The van der Waals surface area contributed by atoms with Gasteiger partial charge >= 0.3 is 0 Å². The van der Waals surface area contributed by atoms with E-state index in [0.29, 0.717) is 24.5 Å². The predicted molar refractivity (Wildman–Crippen MR) is 101 cm³/mol. The molecule has 2 rings (SSSR count). The van der Waals surface area contributed by atoms with Crippen LogP contribution in [-0.4, -0.2) is 25.9 Å². The molecule has 0 radical (unpaired) electrons. The Morgan fingerprint density at radius 3 is 2.15 bits per heavy atom. The van der Waals surface area contributed by atoms with Crippen LogP contribution in [-0.2, 0) is 6.42 Å². The van der Waals surface area contributed by atoms with E-state index in [-0.39, 0.29) is 5.11 Å². The van der Waals surface area contributed by atoms with Gasteiger partial charge in [-0.05, 0) is 52.3 Å². The summed E-state index contributed by atoms with van der Waals surface area (Å²) in [5, 5.41) is 4.67. The number of thiocarbonyl (C=S) groups is 1. The van der Waals surface area contributed by atoms with Crippen molar-refractivity contribution in [1.82, 2.24) is 5.32 Å². The maximum atomic E-state index is 13.8. The zero-order chi connectivity index (χ0) is 20.1. The van der Waals surface area contributed by atoms with Crippen LogP contribution in [0.1, 0.15) is 5.56 Å². The highest BCUT2D eigenvalue weighted by Crippen LogP contribution is 2.31. The first-order chi connectivity index (χ1) is 12.8. The predicted octanol–water partition coefficient (Wildman–Crippen LogP) is 4.55. The molecule has 146 valence electrons. The van der Waals surface area contributed by atoms with E-state index in [0.717, 1.165) is 5.56 Å². The summed E-state index contributed by atoms with van der Waals surface area (Å²) in [6, 6.07) is 5.33. The van der Waals surface area contributed by atoms with E-state index in [9.17, 15) is 17.6 Å². The number of rotatable bonds is 6. The van der Waals surface area contributed by atoms with Gasteiger partial charge in [-0.25, -0.2) is 17.6 Å². The van der Waals surface area contributed by atoms with Crippen molar-refractivity contribution in [3.63, 3.8) is 0 Å². The van der Waals surface area contributed by atoms with Gasteiger partial charge in [-0.15, -0.1) is 0 Å². The molecule has 0 aliphatic heterocycles. The molecule has 0 heterocycles. The Balaban J connectivity index is 2.00. The lowest BCUT2D eigenvalue weighted by atomic mass is 10.1. The summed E-state index contributed by atoms with van der Waals surface area (Å²) in [6.07, 6.45) is 0.496. The van der Waals surface area contributed by atoms with E-state index in [1.165, 1.54) is 14.2 Å². The van der Waals surface area contributed by atoms with E-state index in [1.54, 1.807) is 12.1 Å². The van der Waals surface area contributed by atoms with Gasteiger partial charge in [0.05, 0.1) is 18.7 Å². The second-order valence-electron chi connectivity index (χ2n) is 5.27. The van der Waals surface area contributed by atoms with Gasteiger partial charge in [-0.2, -0.15) is 0 Å². The molecular formula is C17H15BrF4N2O2S. The number of halogens is 5. The third kappa shape index (κ3) is 4.81. The van der Waals surface area contributed by atoms with Crippen LogP contribution in [0.15, 0.2) is 22.7 Å². The first-order valence-electron chi connectivity index (χ1n) is 7.57. The third-order valence-corrected chi connectivity index (χ3v) is 4.54. The highest BCUT2D eigenvalue weighted by molar-refractivity contribution is 9.10. The molecule has 0 saturated carbocycles. The number of benzene rings is 2. The van der Waals surface area contributed by atoms with Crippen LogP contribution in [0.25, 0.3) is 0 Å². The van der Waals surface area contributed by atoms with Gasteiger partial charge in [-0.1, -0.05) is 6.07 Å². The molecule has 0 spiro atoms. The minimum Gasteiger partial charge on any atom is -0.493 e. The lowest BCUT2D eigenvalue weighted by Crippen LogP contribution is -2.31. The Morgan fingerprint density at radius 2 is 1.59 bits per heavy atom. The zero-order valence-electron chi connectivity index (χ0n) is 14.3. The molecule has 0 aliphatic carbocycles. The summed E-state index contributed by atoms with van der Waals surface area (Å²) in [4.78, 5) is 0. The molecule has 2 aromatic carbocycles. The third-order valence-electron chi connectivity index (χ3n) is 3.60. The number of ether oxygens (including phenoxy) is 2. The Labute approximate surface area is 167 Å². The standard InChI is InChI=1S/C17H15BrF4N2O2S/c1-25-9-4-3-8(7-10(9)26-2)5-6-23-17(27)24-16-14(21)12(19)11(18)13(20)15(16)22/h3-4,7H,5-6H2,1-2H3,(H2,23,24,27). The minimum absolute atomic E-state index is 0.186. The van der Waals surface area contributed by atoms with Crippen molar-refractivity contribution in [2.24, 2.45) is 0 Å². The van der Waals surface area contributed by atoms with Crippen molar-refractivity contribution in [2.75, 3.05) is 26.1 Å². The number of nitrogens with one attached hydrogen (secondary N) is 2.